The van der Waals surface area contributed by atoms with Crippen molar-refractivity contribution in [3.05, 3.63) is 83.7 Å². The predicted octanol–water partition coefficient (Wildman–Crippen LogP) is 5.64. The van der Waals surface area contributed by atoms with E-state index in [9.17, 15) is 13.2 Å². The lowest BCUT2D eigenvalue weighted by Gasteiger charge is -2.08. The normalized spacial score (nSPS) is 10.7. The van der Waals surface area contributed by atoms with Crippen LogP contribution in [0.1, 0.15) is 5.56 Å². The predicted molar refractivity (Wildman–Crippen MR) is 89.8 cm³/mol. The van der Waals surface area contributed by atoms with Crippen LogP contribution in [-0.2, 0) is 6.61 Å². The number of thiol groups is 1. The number of ether oxygens (including phenoxy) is 1. The van der Waals surface area contributed by atoms with Crippen LogP contribution in [-0.4, -0.2) is 0 Å². The first-order valence-corrected chi connectivity index (χ1v) is 7.63. The molecule has 0 amide bonds. The van der Waals surface area contributed by atoms with Crippen molar-refractivity contribution >= 4 is 12.6 Å². The largest absolute Gasteiger partial charge is 0.489 e. The van der Waals surface area contributed by atoms with E-state index in [0.29, 0.717) is 0 Å². The second-order valence-corrected chi connectivity index (χ2v) is 5.75. The van der Waals surface area contributed by atoms with Gasteiger partial charge >= 0.3 is 0 Å². The molecule has 0 bridgehead atoms. The number of hydrogen-bond donors (Lipinski definition) is 1. The molecule has 0 heterocycles. The summed E-state index contributed by atoms with van der Waals surface area (Å²) in [5.74, 6) is -4.10. The van der Waals surface area contributed by atoms with Crippen molar-refractivity contribution in [1.29, 1.82) is 0 Å². The van der Waals surface area contributed by atoms with E-state index in [1.165, 1.54) is 0 Å². The highest BCUT2D eigenvalue weighted by molar-refractivity contribution is 7.80. The quantitative estimate of drug-likeness (QED) is 0.475. The smallest absolute Gasteiger partial charge is 0.194 e. The average molecular weight is 346 g/mol. The fourth-order valence-electron chi connectivity index (χ4n) is 2.23. The van der Waals surface area contributed by atoms with Crippen molar-refractivity contribution in [2.45, 2.75) is 11.5 Å². The van der Waals surface area contributed by atoms with Crippen LogP contribution < -0.4 is 4.74 Å². The Labute approximate surface area is 143 Å². The fourth-order valence-corrected chi connectivity index (χ4v) is 2.38. The van der Waals surface area contributed by atoms with Crippen molar-refractivity contribution < 1.29 is 17.9 Å². The molecule has 24 heavy (non-hydrogen) atoms. The van der Waals surface area contributed by atoms with Crippen LogP contribution in [0.2, 0.25) is 0 Å². The third kappa shape index (κ3) is 3.74. The Hall–Kier alpha value is -2.40. The Morgan fingerprint density at radius 2 is 1.25 bits per heavy atom. The van der Waals surface area contributed by atoms with Gasteiger partial charge in [-0.05, 0) is 28.8 Å². The zero-order chi connectivity index (χ0) is 17.1. The van der Waals surface area contributed by atoms with Gasteiger partial charge in [-0.25, -0.2) is 13.2 Å². The standard InChI is InChI=1S/C19H13F3OS/c20-17-9-15(10-18(21)19(17)22)23-11-12-1-3-13(4-2-12)14-5-7-16(24)8-6-14/h1-10,24H,11H2. The molecule has 0 spiro atoms. The van der Waals surface area contributed by atoms with E-state index in [1.54, 1.807) is 0 Å². The maximum Gasteiger partial charge on any atom is 0.194 e. The summed E-state index contributed by atoms with van der Waals surface area (Å²) in [4.78, 5) is 0.891. The Balaban J connectivity index is 1.69. The van der Waals surface area contributed by atoms with Gasteiger partial charge in [-0.1, -0.05) is 36.4 Å². The molecule has 122 valence electrons. The minimum absolute atomic E-state index is 0.0557. The minimum atomic E-state index is -1.50. The minimum Gasteiger partial charge on any atom is -0.489 e. The Kier molecular flexibility index (Phi) is 4.81. The molecule has 0 aromatic heterocycles. The SMILES string of the molecule is Fc1cc(OCc2ccc(-c3ccc(S)cc3)cc2)cc(F)c1F. The van der Waals surface area contributed by atoms with Gasteiger partial charge in [-0.3, -0.25) is 0 Å². The third-order valence-electron chi connectivity index (χ3n) is 3.52. The number of benzene rings is 3. The molecule has 0 N–H and O–H groups in total. The van der Waals surface area contributed by atoms with E-state index in [4.69, 9.17) is 4.74 Å². The summed E-state index contributed by atoms with van der Waals surface area (Å²) in [7, 11) is 0. The first kappa shape index (κ1) is 16.5. The highest BCUT2D eigenvalue weighted by atomic mass is 32.1. The zero-order valence-electron chi connectivity index (χ0n) is 12.5. The summed E-state index contributed by atoms with van der Waals surface area (Å²) in [5.41, 5.74) is 2.92. The second kappa shape index (κ2) is 7.01. The average Bonchev–Trinajstić information content (AvgIpc) is 2.59. The van der Waals surface area contributed by atoms with Gasteiger partial charge in [0.1, 0.15) is 12.4 Å². The lowest BCUT2D eigenvalue weighted by molar-refractivity contribution is 0.299. The molecule has 0 aliphatic rings. The van der Waals surface area contributed by atoms with Crippen LogP contribution in [0.3, 0.4) is 0 Å². The molecule has 5 heteroatoms. The molecule has 0 aliphatic heterocycles. The first-order chi connectivity index (χ1) is 11.5. The molecular formula is C19H13F3OS. The molecule has 0 atom stereocenters. The summed E-state index contributed by atoms with van der Waals surface area (Å²) in [6, 6.07) is 17.0. The monoisotopic (exact) mass is 346 g/mol. The van der Waals surface area contributed by atoms with Gasteiger partial charge in [0.2, 0.25) is 0 Å². The molecule has 0 saturated heterocycles. The van der Waals surface area contributed by atoms with Gasteiger partial charge in [0.25, 0.3) is 0 Å². The van der Waals surface area contributed by atoms with E-state index in [1.807, 2.05) is 48.5 Å². The summed E-state index contributed by atoms with van der Waals surface area (Å²) < 4.78 is 44.5. The molecule has 0 aliphatic carbocycles. The molecule has 3 rings (SSSR count). The van der Waals surface area contributed by atoms with Crippen LogP contribution >= 0.6 is 12.6 Å². The van der Waals surface area contributed by atoms with Gasteiger partial charge in [0.15, 0.2) is 17.5 Å². The Morgan fingerprint density at radius 3 is 1.79 bits per heavy atom. The van der Waals surface area contributed by atoms with Crippen LogP contribution in [0.4, 0.5) is 13.2 Å². The molecule has 0 saturated carbocycles. The molecular weight excluding hydrogens is 333 g/mol. The van der Waals surface area contributed by atoms with E-state index in [-0.39, 0.29) is 12.4 Å². The third-order valence-corrected chi connectivity index (χ3v) is 3.82. The topological polar surface area (TPSA) is 9.23 Å². The molecule has 0 fully saturated rings. The summed E-state index contributed by atoms with van der Waals surface area (Å²) in [6.45, 7) is 0.125. The first-order valence-electron chi connectivity index (χ1n) is 7.18. The van der Waals surface area contributed by atoms with Gasteiger partial charge in [-0.2, -0.15) is 0 Å². The van der Waals surface area contributed by atoms with Crippen LogP contribution in [0.15, 0.2) is 65.6 Å². The molecule has 3 aromatic rings. The van der Waals surface area contributed by atoms with E-state index in [0.717, 1.165) is 33.7 Å². The van der Waals surface area contributed by atoms with Crippen LogP contribution in [0.5, 0.6) is 5.75 Å². The highest BCUT2D eigenvalue weighted by Gasteiger charge is 2.11. The molecule has 0 unspecified atom stereocenters. The van der Waals surface area contributed by atoms with Crippen LogP contribution in [0.25, 0.3) is 11.1 Å². The lowest BCUT2D eigenvalue weighted by Crippen LogP contribution is -1.98. The van der Waals surface area contributed by atoms with E-state index < -0.39 is 17.5 Å². The summed E-state index contributed by atoms with van der Waals surface area (Å²) >= 11 is 4.25. The van der Waals surface area contributed by atoms with Crippen molar-refractivity contribution in [3.8, 4) is 16.9 Å². The lowest BCUT2D eigenvalue weighted by atomic mass is 10.0. The molecule has 1 nitrogen and oxygen atoms in total. The Bertz CT molecular complexity index is 822. The highest BCUT2D eigenvalue weighted by Crippen LogP contribution is 2.23. The molecule has 3 aromatic carbocycles. The fraction of sp³-hybridized carbons (Fsp3) is 0.0526. The van der Waals surface area contributed by atoms with Crippen molar-refractivity contribution in [3.63, 3.8) is 0 Å². The van der Waals surface area contributed by atoms with Gasteiger partial charge < -0.3 is 4.74 Å². The number of rotatable bonds is 4. The van der Waals surface area contributed by atoms with Gasteiger partial charge in [-0.15, -0.1) is 12.6 Å². The van der Waals surface area contributed by atoms with E-state index in [2.05, 4.69) is 12.6 Å². The second-order valence-electron chi connectivity index (χ2n) is 5.23. The van der Waals surface area contributed by atoms with Crippen molar-refractivity contribution in [2.24, 2.45) is 0 Å². The van der Waals surface area contributed by atoms with Gasteiger partial charge in [0, 0.05) is 17.0 Å². The van der Waals surface area contributed by atoms with Gasteiger partial charge in [0.05, 0.1) is 0 Å². The summed E-state index contributed by atoms with van der Waals surface area (Å²) in [5, 5.41) is 0. The zero-order valence-corrected chi connectivity index (χ0v) is 13.4. The Morgan fingerprint density at radius 1 is 0.750 bits per heavy atom. The molecule has 0 radical (unpaired) electrons. The van der Waals surface area contributed by atoms with Crippen LogP contribution in [0, 0.1) is 17.5 Å². The van der Waals surface area contributed by atoms with Crippen molar-refractivity contribution in [2.75, 3.05) is 0 Å². The number of hydrogen-bond acceptors (Lipinski definition) is 2. The maximum atomic E-state index is 13.1. The van der Waals surface area contributed by atoms with E-state index >= 15 is 0 Å². The number of halogens is 3. The maximum absolute atomic E-state index is 13.1. The van der Waals surface area contributed by atoms with Crippen molar-refractivity contribution in [1.82, 2.24) is 0 Å². The summed E-state index contributed by atoms with van der Waals surface area (Å²) in [6.07, 6.45) is 0.